The highest BCUT2D eigenvalue weighted by molar-refractivity contribution is 5.78. The Hall–Kier alpha value is -2.13. The molecule has 3 rings (SSSR count). The van der Waals surface area contributed by atoms with Crippen LogP contribution in [0.5, 0.6) is 0 Å². The molecule has 1 amide bonds. The van der Waals surface area contributed by atoms with Crippen LogP contribution in [0.15, 0.2) is 54.6 Å². The molecule has 2 N–H and O–H groups in total. The number of amides is 1. The average molecular weight is 266 g/mol. The molecule has 3 heteroatoms. The Morgan fingerprint density at radius 1 is 1.00 bits per heavy atom. The first kappa shape index (κ1) is 12.9. The molecule has 0 saturated carbocycles. The van der Waals surface area contributed by atoms with Gasteiger partial charge in [-0.3, -0.25) is 4.79 Å². The fraction of sp³-hybridized carbons (Fsp3) is 0.235. The molecule has 1 fully saturated rings. The molecule has 20 heavy (non-hydrogen) atoms. The Kier molecular flexibility index (Phi) is 3.79. The maximum atomic E-state index is 11.1. The zero-order valence-electron chi connectivity index (χ0n) is 11.3. The summed E-state index contributed by atoms with van der Waals surface area (Å²) in [7, 11) is 0. The number of carbonyl (C=O) groups is 1. The number of rotatable bonds is 4. The summed E-state index contributed by atoms with van der Waals surface area (Å²) in [6, 6.07) is 19.2. The monoisotopic (exact) mass is 266 g/mol. The molecule has 0 bridgehead atoms. The van der Waals surface area contributed by atoms with E-state index >= 15 is 0 Å². The Labute approximate surface area is 119 Å². The van der Waals surface area contributed by atoms with Gasteiger partial charge in [-0.15, -0.1) is 0 Å². The van der Waals surface area contributed by atoms with Crippen molar-refractivity contribution in [3.8, 4) is 11.1 Å². The lowest BCUT2D eigenvalue weighted by Crippen LogP contribution is -2.30. The zero-order valence-corrected chi connectivity index (χ0v) is 11.3. The molecule has 1 saturated heterocycles. The molecule has 1 unspecified atom stereocenters. The highest BCUT2D eigenvalue weighted by atomic mass is 16.1. The fourth-order valence-corrected chi connectivity index (χ4v) is 2.46. The molecule has 0 aliphatic carbocycles. The first-order chi connectivity index (χ1) is 9.81. The van der Waals surface area contributed by atoms with Crippen molar-refractivity contribution in [1.29, 1.82) is 0 Å². The lowest BCUT2D eigenvalue weighted by atomic mass is 10.0. The predicted molar refractivity (Wildman–Crippen MR) is 80.1 cm³/mol. The topological polar surface area (TPSA) is 41.1 Å². The quantitative estimate of drug-likeness (QED) is 0.891. The van der Waals surface area contributed by atoms with Gasteiger partial charge in [-0.25, -0.2) is 0 Å². The van der Waals surface area contributed by atoms with Crippen molar-refractivity contribution in [2.24, 2.45) is 0 Å². The van der Waals surface area contributed by atoms with E-state index in [9.17, 15) is 4.79 Å². The van der Waals surface area contributed by atoms with Crippen LogP contribution in [0.1, 0.15) is 12.0 Å². The average Bonchev–Trinajstić information content (AvgIpc) is 2.92. The van der Waals surface area contributed by atoms with Gasteiger partial charge in [-0.05, 0) is 16.7 Å². The standard InChI is InChI=1S/C17H18N2O/c20-17-10-16(12-19-17)18-11-13-6-8-15(9-7-13)14-4-2-1-3-5-14/h1-9,16,18H,10-12H2,(H,19,20). The first-order valence-corrected chi connectivity index (χ1v) is 6.96. The van der Waals surface area contributed by atoms with Crippen molar-refractivity contribution in [1.82, 2.24) is 10.6 Å². The predicted octanol–water partition coefficient (Wildman–Crippen LogP) is 2.33. The number of carbonyl (C=O) groups excluding carboxylic acids is 1. The van der Waals surface area contributed by atoms with Gasteiger partial charge in [-0.2, -0.15) is 0 Å². The van der Waals surface area contributed by atoms with Gasteiger partial charge in [0.15, 0.2) is 0 Å². The van der Waals surface area contributed by atoms with E-state index in [0.717, 1.165) is 13.1 Å². The molecule has 0 radical (unpaired) electrons. The number of nitrogens with one attached hydrogen (secondary N) is 2. The van der Waals surface area contributed by atoms with Crippen LogP contribution in [-0.4, -0.2) is 18.5 Å². The van der Waals surface area contributed by atoms with E-state index < -0.39 is 0 Å². The fourth-order valence-electron chi connectivity index (χ4n) is 2.46. The molecule has 2 aromatic carbocycles. The van der Waals surface area contributed by atoms with Crippen LogP contribution in [0.2, 0.25) is 0 Å². The minimum Gasteiger partial charge on any atom is -0.354 e. The molecule has 1 aliphatic heterocycles. The van der Waals surface area contributed by atoms with Crippen molar-refractivity contribution >= 4 is 5.91 Å². The van der Waals surface area contributed by atoms with E-state index in [2.05, 4.69) is 59.2 Å². The van der Waals surface area contributed by atoms with Crippen molar-refractivity contribution in [3.63, 3.8) is 0 Å². The van der Waals surface area contributed by atoms with Gasteiger partial charge >= 0.3 is 0 Å². The van der Waals surface area contributed by atoms with E-state index in [-0.39, 0.29) is 11.9 Å². The van der Waals surface area contributed by atoms with Gasteiger partial charge in [0.25, 0.3) is 0 Å². The third-order valence-electron chi connectivity index (χ3n) is 3.63. The molecular weight excluding hydrogens is 248 g/mol. The Bertz CT molecular complexity index is 578. The molecular formula is C17H18N2O. The Morgan fingerprint density at radius 2 is 1.70 bits per heavy atom. The first-order valence-electron chi connectivity index (χ1n) is 6.96. The van der Waals surface area contributed by atoms with Crippen LogP contribution in [0.25, 0.3) is 11.1 Å². The largest absolute Gasteiger partial charge is 0.354 e. The van der Waals surface area contributed by atoms with Gasteiger partial charge in [-0.1, -0.05) is 54.6 Å². The Morgan fingerprint density at radius 3 is 2.35 bits per heavy atom. The third kappa shape index (κ3) is 3.06. The molecule has 0 spiro atoms. The second-order valence-corrected chi connectivity index (χ2v) is 5.15. The number of hydrogen-bond donors (Lipinski definition) is 2. The summed E-state index contributed by atoms with van der Waals surface area (Å²) in [6.07, 6.45) is 0.585. The summed E-state index contributed by atoms with van der Waals surface area (Å²) in [6.45, 7) is 1.54. The van der Waals surface area contributed by atoms with E-state index in [1.807, 2.05) is 6.07 Å². The molecule has 1 heterocycles. The van der Waals surface area contributed by atoms with Crippen LogP contribution < -0.4 is 10.6 Å². The molecule has 102 valence electrons. The number of benzene rings is 2. The molecule has 0 aromatic heterocycles. The smallest absolute Gasteiger partial charge is 0.221 e. The van der Waals surface area contributed by atoms with E-state index in [0.29, 0.717) is 6.42 Å². The van der Waals surface area contributed by atoms with Gasteiger partial charge in [0.05, 0.1) is 0 Å². The van der Waals surface area contributed by atoms with Crippen LogP contribution in [0.4, 0.5) is 0 Å². The maximum Gasteiger partial charge on any atom is 0.221 e. The van der Waals surface area contributed by atoms with E-state index in [1.165, 1.54) is 16.7 Å². The lowest BCUT2D eigenvalue weighted by molar-refractivity contribution is -0.119. The minimum atomic E-state index is 0.141. The van der Waals surface area contributed by atoms with Crippen molar-refractivity contribution in [2.75, 3.05) is 6.54 Å². The normalized spacial score (nSPS) is 18.0. The van der Waals surface area contributed by atoms with Gasteiger partial charge in [0, 0.05) is 25.6 Å². The van der Waals surface area contributed by atoms with Gasteiger partial charge in [0.1, 0.15) is 0 Å². The second-order valence-electron chi connectivity index (χ2n) is 5.15. The summed E-state index contributed by atoms with van der Waals surface area (Å²) in [5.41, 5.74) is 3.70. The van der Waals surface area contributed by atoms with Crippen molar-refractivity contribution < 1.29 is 4.79 Å². The molecule has 2 aromatic rings. The third-order valence-corrected chi connectivity index (χ3v) is 3.63. The number of hydrogen-bond acceptors (Lipinski definition) is 2. The Balaban J connectivity index is 1.60. The van der Waals surface area contributed by atoms with Crippen LogP contribution in [0.3, 0.4) is 0 Å². The highest BCUT2D eigenvalue weighted by Gasteiger charge is 2.20. The minimum absolute atomic E-state index is 0.141. The van der Waals surface area contributed by atoms with Crippen molar-refractivity contribution in [2.45, 2.75) is 19.0 Å². The zero-order chi connectivity index (χ0) is 13.8. The highest BCUT2D eigenvalue weighted by Crippen LogP contribution is 2.19. The summed E-state index contributed by atoms with van der Waals surface area (Å²) in [5.74, 6) is 0.141. The molecule has 1 aliphatic rings. The summed E-state index contributed by atoms with van der Waals surface area (Å²) in [5, 5.41) is 6.24. The van der Waals surface area contributed by atoms with Crippen LogP contribution >= 0.6 is 0 Å². The van der Waals surface area contributed by atoms with E-state index in [1.54, 1.807) is 0 Å². The van der Waals surface area contributed by atoms with Crippen LogP contribution in [-0.2, 0) is 11.3 Å². The maximum absolute atomic E-state index is 11.1. The van der Waals surface area contributed by atoms with Gasteiger partial charge < -0.3 is 10.6 Å². The summed E-state index contributed by atoms with van der Waals surface area (Å²) >= 11 is 0. The lowest BCUT2D eigenvalue weighted by Gasteiger charge is -2.10. The van der Waals surface area contributed by atoms with Crippen LogP contribution in [0, 0.1) is 0 Å². The van der Waals surface area contributed by atoms with Gasteiger partial charge in [0.2, 0.25) is 5.91 Å². The molecule has 3 nitrogen and oxygen atoms in total. The second kappa shape index (κ2) is 5.88. The van der Waals surface area contributed by atoms with E-state index in [4.69, 9.17) is 0 Å². The van der Waals surface area contributed by atoms with Crippen molar-refractivity contribution in [3.05, 3.63) is 60.2 Å². The summed E-state index contributed by atoms with van der Waals surface area (Å²) < 4.78 is 0. The SMILES string of the molecule is O=C1CC(NCc2ccc(-c3ccccc3)cc2)CN1. The summed E-state index contributed by atoms with van der Waals surface area (Å²) in [4.78, 5) is 11.1. The molecule has 1 atom stereocenters.